The van der Waals surface area contributed by atoms with Gasteiger partial charge in [0, 0.05) is 18.8 Å². The number of hydrogen-bond donors (Lipinski definition) is 1. The molecule has 5 nitrogen and oxygen atoms in total. The van der Waals surface area contributed by atoms with Gasteiger partial charge in [-0.05, 0) is 38.0 Å². The summed E-state index contributed by atoms with van der Waals surface area (Å²) >= 11 is 0. The minimum atomic E-state index is -5.03. The van der Waals surface area contributed by atoms with Gasteiger partial charge in [0.15, 0.2) is 0 Å². The van der Waals surface area contributed by atoms with Crippen LogP contribution in [-0.4, -0.2) is 37.5 Å². The highest BCUT2D eigenvalue weighted by Crippen LogP contribution is 2.37. The molecule has 2 rings (SSSR count). The molecule has 0 spiro atoms. The Morgan fingerprint density at radius 3 is 2.11 bits per heavy atom. The molecule has 28 heavy (non-hydrogen) atoms. The fourth-order valence-electron chi connectivity index (χ4n) is 2.86. The quantitative estimate of drug-likeness (QED) is 0.738. The van der Waals surface area contributed by atoms with E-state index in [2.05, 4.69) is 5.32 Å². The van der Waals surface area contributed by atoms with Gasteiger partial charge in [0.2, 0.25) is 15.9 Å². The molecule has 158 valence electrons. The van der Waals surface area contributed by atoms with E-state index in [4.69, 9.17) is 0 Å². The Bertz CT molecular complexity index is 804. The Labute approximate surface area is 157 Å². The van der Waals surface area contributed by atoms with E-state index in [0.29, 0.717) is 18.6 Å². The summed E-state index contributed by atoms with van der Waals surface area (Å²) < 4.78 is 102. The highest BCUT2D eigenvalue weighted by Gasteiger charge is 2.37. The highest BCUT2D eigenvalue weighted by molar-refractivity contribution is 7.89. The molecule has 1 atom stereocenters. The van der Waals surface area contributed by atoms with Gasteiger partial charge in [-0.3, -0.25) is 4.79 Å². The topological polar surface area (TPSA) is 66.5 Å². The Morgan fingerprint density at radius 2 is 1.64 bits per heavy atom. The summed E-state index contributed by atoms with van der Waals surface area (Å²) in [6.45, 7) is 1.47. The van der Waals surface area contributed by atoms with Crippen LogP contribution in [0.4, 0.5) is 32.0 Å². The summed E-state index contributed by atoms with van der Waals surface area (Å²) in [5, 5.41) is 2.07. The number of nitrogens with zero attached hydrogens (tertiary/aromatic N) is 1. The fourth-order valence-corrected chi connectivity index (χ4v) is 4.04. The van der Waals surface area contributed by atoms with E-state index in [0.717, 1.165) is 4.31 Å². The van der Waals surface area contributed by atoms with E-state index in [1.54, 1.807) is 0 Å². The molecule has 1 heterocycles. The van der Waals surface area contributed by atoms with Gasteiger partial charge >= 0.3 is 12.4 Å². The lowest BCUT2D eigenvalue weighted by molar-refractivity contribution is -0.143. The third-order valence-corrected chi connectivity index (χ3v) is 6.22. The third-order valence-electron chi connectivity index (χ3n) is 4.37. The summed E-state index contributed by atoms with van der Waals surface area (Å²) in [7, 11) is -3.56. The van der Waals surface area contributed by atoms with Gasteiger partial charge in [-0.2, -0.15) is 26.3 Å². The first-order chi connectivity index (χ1) is 12.7. The molecule has 12 heteroatoms. The minimum absolute atomic E-state index is 0.0359. The molecule has 1 aliphatic heterocycles. The summed E-state index contributed by atoms with van der Waals surface area (Å²) in [4.78, 5) is 12.4. The summed E-state index contributed by atoms with van der Waals surface area (Å²) in [6, 6.07) is 0.791. The van der Waals surface area contributed by atoms with Crippen molar-refractivity contribution < 1.29 is 39.6 Å². The Hall–Kier alpha value is -1.82. The number of hydrogen-bond acceptors (Lipinski definition) is 3. The maximum absolute atomic E-state index is 12.9. The average Bonchev–Trinajstić information content (AvgIpc) is 2.60. The van der Waals surface area contributed by atoms with Crippen molar-refractivity contribution in [3.05, 3.63) is 29.3 Å². The number of piperidine rings is 1. The van der Waals surface area contributed by atoms with Crippen molar-refractivity contribution in [3.63, 3.8) is 0 Å². The van der Waals surface area contributed by atoms with Crippen LogP contribution in [0.3, 0.4) is 0 Å². The van der Waals surface area contributed by atoms with Crippen molar-refractivity contribution in [1.82, 2.24) is 4.31 Å². The molecule has 0 aromatic heterocycles. The van der Waals surface area contributed by atoms with Crippen LogP contribution in [0.2, 0.25) is 0 Å². The van der Waals surface area contributed by atoms with Gasteiger partial charge in [0.1, 0.15) is 0 Å². The normalized spacial score (nSPS) is 19.5. The molecule has 1 amide bonds. The number of halogens is 6. The maximum atomic E-state index is 12.9. The Balaban J connectivity index is 2.25. The predicted octanol–water partition coefficient (Wildman–Crippen LogP) is 3.72. The minimum Gasteiger partial charge on any atom is -0.326 e. The van der Waals surface area contributed by atoms with E-state index < -0.39 is 51.0 Å². The fraction of sp³-hybridized carbons (Fsp3) is 0.562. The first-order valence-electron chi connectivity index (χ1n) is 8.32. The lowest BCUT2D eigenvalue weighted by Gasteiger charge is -2.31. The van der Waals surface area contributed by atoms with Gasteiger partial charge in [-0.15, -0.1) is 0 Å². The highest BCUT2D eigenvalue weighted by atomic mass is 32.2. The Kier molecular flexibility index (Phi) is 6.34. The SMILES string of the molecule is CCS(=O)(=O)N1CCCC(C(=O)Nc2cc(C(F)(F)F)cc(C(F)(F)F)c2)C1. The molecule has 0 aliphatic carbocycles. The summed E-state index contributed by atoms with van der Waals surface area (Å²) in [5.41, 5.74) is -3.74. The molecule has 0 radical (unpaired) electrons. The van der Waals surface area contributed by atoms with E-state index in [-0.39, 0.29) is 31.3 Å². The molecule has 1 aliphatic rings. The zero-order valence-corrected chi connectivity index (χ0v) is 15.5. The van der Waals surface area contributed by atoms with Gasteiger partial charge in [-0.1, -0.05) is 0 Å². The first kappa shape index (κ1) is 22.5. The van der Waals surface area contributed by atoms with Crippen molar-refractivity contribution in [1.29, 1.82) is 0 Å². The van der Waals surface area contributed by atoms with Crippen molar-refractivity contribution in [3.8, 4) is 0 Å². The summed E-state index contributed by atoms with van der Waals surface area (Å²) in [6.07, 6.45) is -9.43. The smallest absolute Gasteiger partial charge is 0.326 e. The number of carbonyl (C=O) groups is 1. The van der Waals surface area contributed by atoms with Crippen molar-refractivity contribution in [2.24, 2.45) is 5.92 Å². The molecule has 0 saturated carbocycles. The van der Waals surface area contributed by atoms with Gasteiger partial charge in [-0.25, -0.2) is 12.7 Å². The zero-order chi connectivity index (χ0) is 21.3. The molecule has 1 unspecified atom stereocenters. The third kappa shape index (κ3) is 5.37. The molecule has 0 bridgehead atoms. The van der Waals surface area contributed by atoms with Crippen LogP contribution in [0, 0.1) is 5.92 Å². The van der Waals surface area contributed by atoms with E-state index in [9.17, 15) is 39.6 Å². The second-order valence-corrected chi connectivity index (χ2v) is 8.64. The molecule has 1 N–H and O–H groups in total. The lowest BCUT2D eigenvalue weighted by atomic mass is 9.98. The van der Waals surface area contributed by atoms with Crippen LogP contribution in [0.1, 0.15) is 30.9 Å². The van der Waals surface area contributed by atoms with Crippen LogP contribution in [0.15, 0.2) is 18.2 Å². The standard InChI is InChI=1S/C16H18F6N2O3S/c1-2-28(26,27)24-5-3-4-10(9-24)14(25)23-13-7-11(15(17,18)19)6-12(8-13)16(20,21)22/h6-8,10H,2-5,9H2,1H3,(H,23,25). The number of anilines is 1. The molecule has 1 aromatic carbocycles. The van der Waals surface area contributed by atoms with Gasteiger partial charge in [0.25, 0.3) is 0 Å². The zero-order valence-electron chi connectivity index (χ0n) is 14.7. The first-order valence-corrected chi connectivity index (χ1v) is 9.93. The van der Waals surface area contributed by atoms with Crippen LogP contribution in [0.5, 0.6) is 0 Å². The number of amides is 1. The van der Waals surface area contributed by atoms with E-state index >= 15 is 0 Å². The van der Waals surface area contributed by atoms with E-state index in [1.165, 1.54) is 6.92 Å². The van der Waals surface area contributed by atoms with Crippen LogP contribution < -0.4 is 5.32 Å². The molecule has 1 fully saturated rings. The maximum Gasteiger partial charge on any atom is 0.416 e. The number of benzene rings is 1. The number of alkyl halides is 6. The van der Waals surface area contributed by atoms with Crippen LogP contribution >= 0.6 is 0 Å². The average molecular weight is 432 g/mol. The lowest BCUT2D eigenvalue weighted by Crippen LogP contribution is -2.44. The van der Waals surface area contributed by atoms with Crippen LogP contribution in [-0.2, 0) is 27.2 Å². The number of rotatable bonds is 4. The van der Waals surface area contributed by atoms with Gasteiger partial charge < -0.3 is 5.32 Å². The number of carbonyl (C=O) groups excluding carboxylic acids is 1. The molecule has 1 saturated heterocycles. The monoisotopic (exact) mass is 432 g/mol. The molecular weight excluding hydrogens is 414 g/mol. The van der Waals surface area contributed by atoms with E-state index in [1.807, 2.05) is 0 Å². The predicted molar refractivity (Wildman–Crippen MR) is 88.8 cm³/mol. The second kappa shape index (κ2) is 7.90. The van der Waals surface area contributed by atoms with Crippen molar-refractivity contribution >= 4 is 21.6 Å². The largest absolute Gasteiger partial charge is 0.416 e. The van der Waals surface area contributed by atoms with Crippen LogP contribution in [0.25, 0.3) is 0 Å². The number of sulfonamides is 1. The summed E-state index contributed by atoms with van der Waals surface area (Å²) in [5.74, 6) is -1.88. The Morgan fingerprint density at radius 1 is 1.11 bits per heavy atom. The van der Waals surface area contributed by atoms with Gasteiger partial charge in [0.05, 0.1) is 22.8 Å². The van der Waals surface area contributed by atoms with Crippen molar-refractivity contribution in [2.45, 2.75) is 32.1 Å². The van der Waals surface area contributed by atoms with Crippen molar-refractivity contribution in [2.75, 3.05) is 24.2 Å². The molecule has 1 aromatic rings. The number of nitrogens with one attached hydrogen (secondary N) is 1. The second-order valence-electron chi connectivity index (χ2n) is 6.38. The molecular formula is C16H18F6N2O3S.